The van der Waals surface area contributed by atoms with E-state index < -0.39 is 0 Å². The highest BCUT2D eigenvalue weighted by atomic mass is 16.5. The summed E-state index contributed by atoms with van der Waals surface area (Å²) in [5, 5.41) is 4.59. The van der Waals surface area contributed by atoms with E-state index in [0.717, 1.165) is 55.0 Å². The molecule has 24 heavy (non-hydrogen) atoms. The van der Waals surface area contributed by atoms with Crippen molar-refractivity contribution in [1.29, 1.82) is 0 Å². The Morgan fingerprint density at radius 1 is 1.12 bits per heavy atom. The van der Waals surface area contributed by atoms with Crippen LogP contribution in [0.15, 0.2) is 12.1 Å². The minimum atomic E-state index is 0.443. The number of piperidine rings is 1. The Labute approximate surface area is 143 Å². The average molecular weight is 330 g/mol. The molecular weight excluding hydrogens is 304 g/mol. The summed E-state index contributed by atoms with van der Waals surface area (Å²) in [6, 6.07) is 4.31. The normalized spacial score (nSPS) is 16.3. The zero-order valence-corrected chi connectivity index (χ0v) is 14.9. The SMILES string of the molecule is CCN1CCC(Nc2nc(C)nc3cc(OC)c(OC)cc23)CC1. The smallest absolute Gasteiger partial charge is 0.162 e. The number of nitrogens with one attached hydrogen (secondary N) is 1. The quantitative estimate of drug-likeness (QED) is 0.910. The molecule has 6 nitrogen and oxygen atoms in total. The second kappa shape index (κ2) is 7.21. The third-order valence-electron chi connectivity index (χ3n) is 4.69. The maximum atomic E-state index is 5.43. The molecule has 1 aromatic heterocycles. The molecule has 0 amide bonds. The number of aromatic nitrogens is 2. The minimum absolute atomic E-state index is 0.443. The van der Waals surface area contributed by atoms with Gasteiger partial charge < -0.3 is 19.7 Å². The number of hydrogen-bond donors (Lipinski definition) is 1. The number of likely N-dealkylation sites (tertiary alicyclic amines) is 1. The molecule has 130 valence electrons. The molecule has 0 bridgehead atoms. The van der Waals surface area contributed by atoms with Crippen molar-refractivity contribution >= 4 is 16.7 Å². The number of anilines is 1. The number of nitrogens with zero attached hydrogens (tertiary/aromatic N) is 3. The van der Waals surface area contributed by atoms with Gasteiger partial charge in [-0.05, 0) is 32.4 Å². The lowest BCUT2D eigenvalue weighted by Crippen LogP contribution is -2.39. The Morgan fingerprint density at radius 3 is 2.42 bits per heavy atom. The van der Waals surface area contributed by atoms with Crippen molar-refractivity contribution in [2.45, 2.75) is 32.7 Å². The number of benzene rings is 1. The lowest BCUT2D eigenvalue weighted by atomic mass is 10.0. The first-order chi connectivity index (χ1) is 11.6. The third kappa shape index (κ3) is 3.38. The zero-order chi connectivity index (χ0) is 17.1. The average Bonchev–Trinajstić information content (AvgIpc) is 2.61. The highest BCUT2D eigenvalue weighted by molar-refractivity contribution is 5.92. The van der Waals surface area contributed by atoms with Crippen molar-refractivity contribution in [2.24, 2.45) is 0 Å². The summed E-state index contributed by atoms with van der Waals surface area (Å²) >= 11 is 0. The number of fused-ring (bicyclic) bond motifs is 1. The third-order valence-corrected chi connectivity index (χ3v) is 4.69. The summed E-state index contributed by atoms with van der Waals surface area (Å²) in [6.45, 7) is 7.52. The number of aryl methyl sites for hydroxylation is 1. The van der Waals surface area contributed by atoms with Gasteiger partial charge in [-0.2, -0.15) is 0 Å². The molecule has 0 radical (unpaired) electrons. The first-order valence-electron chi connectivity index (χ1n) is 8.53. The standard InChI is InChI=1S/C18H26N4O2/c1-5-22-8-6-13(7-9-22)21-18-14-10-16(23-3)17(24-4)11-15(14)19-12(2)20-18/h10-11,13H,5-9H2,1-4H3,(H,19,20,21). The van der Waals surface area contributed by atoms with Gasteiger partial charge in [-0.25, -0.2) is 9.97 Å². The summed E-state index contributed by atoms with van der Waals surface area (Å²) < 4.78 is 10.8. The van der Waals surface area contributed by atoms with E-state index in [2.05, 4.69) is 27.1 Å². The molecule has 6 heteroatoms. The fourth-order valence-corrected chi connectivity index (χ4v) is 3.27. The maximum Gasteiger partial charge on any atom is 0.162 e. The van der Waals surface area contributed by atoms with Gasteiger partial charge in [-0.3, -0.25) is 0 Å². The van der Waals surface area contributed by atoms with Crippen LogP contribution in [0.4, 0.5) is 5.82 Å². The van der Waals surface area contributed by atoms with Crippen molar-refractivity contribution < 1.29 is 9.47 Å². The second-order valence-corrected chi connectivity index (χ2v) is 6.20. The van der Waals surface area contributed by atoms with Gasteiger partial charge in [0.2, 0.25) is 0 Å². The molecule has 1 aliphatic heterocycles. The van der Waals surface area contributed by atoms with Crippen LogP contribution in [-0.4, -0.2) is 54.8 Å². The van der Waals surface area contributed by atoms with Crippen molar-refractivity contribution in [3.8, 4) is 11.5 Å². The Morgan fingerprint density at radius 2 is 1.79 bits per heavy atom. The van der Waals surface area contributed by atoms with Crippen LogP contribution in [0.1, 0.15) is 25.6 Å². The molecule has 0 atom stereocenters. The van der Waals surface area contributed by atoms with E-state index in [1.807, 2.05) is 19.1 Å². The van der Waals surface area contributed by atoms with Gasteiger partial charge in [0, 0.05) is 30.6 Å². The number of ether oxygens (including phenoxy) is 2. The van der Waals surface area contributed by atoms with E-state index in [4.69, 9.17) is 9.47 Å². The molecule has 0 aliphatic carbocycles. The lowest BCUT2D eigenvalue weighted by Gasteiger charge is -2.32. The van der Waals surface area contributed by atoms with Gasteiger partial charge in [0.05, 0.1) is 19.7 Å². The van der Waals surface area contributed by atoms with Crippen LogP contribution < -0.4 is 14.8 Å². The first kappa shape index (κ1) is 16.8. The van der Waals surface area contributed by atoms with Crippen molar-refractivity contribution in [3.05, 3.63) is 18.0 Å². The van der Waals surface area contributed by atoms with Crippen LogP contribution in [0.2, 0.25) is 0 Å². The fraction of sp³-hybridized carbons (Fsp3) is 0.556. The van der Waals surface area contributed by atoms with E-state index in [1.165, 1.54) is 0 Å². The van der Waals surface area contributed by atoms with Gasteiger partial charge in [-0.15, -0.1) is 0 Å². The lowest BCUT2D eigenvalue weighted by molar-refractivity contribution is 0.229. The molecule has 1 N–H and O–H groups in total. The topological polar surface area (TPSA) is 59.5 Å². The van der Waals surface area contributed by atoms with E-state index >= 15 is 0 Å². The monoisotopic (exact) mass is 330 g/mol. The van der Waals surface area contributed by atoms with Crippen LogP contribution in [0.25, 0.3) is 10.9 Å². The van der Waals surface area contributed by atoms with Crippen molar-refractivity contribution in [3.63, 3.8) is 0 Å². The Kier molecular flexibility index (Phi) is 5.04. The van der Waals surface area contributed by atoms with Gasteiger partial charge in [0.25, 0.3) is 0 Å². The second-order valence-electron chi connectivity index (χ2n) is 6.20. The molecule has 1 fully saturated rings. The van der Waals surface area contributed by atoms with Crippen LogP contribution in [0.5, 0.6) is 11.5 Å². The Bertz CT molecular complexity index is 712. The maximum absolute atomic E-state index is 5.43. The Hall–Kier alpha value is -2.08. The van der Waals surface area contributed by atoms with Crippen molar-refractivity contribution in [2.75, 3.05) is 39.2 Å². The molecule has 1 aromatic carbocycles. The van der Waals surface area contributed by atoms with Gasteiger partial charge in [0.1, 0.15) is 11.6 Å². The van der Waals surface area contributed by atoms with Gasteiger partial charge >= 0.3 is 0 Å². The predicted molar refractivity (Wildman–Crippen MR) is 96.1 cm³/mol. The van der Waals surface area contributed by atoms with Gasteiger partial charge in [-0.1, -0.05) is 6.92 Å². The molecule has 0 saturated carbocycles. The highest BCUT2D eigenvalue weighted by Gasteiger charge is 2.20. The first-order valence-corrected chi connectivity index (χ1v) is 8.53. The predicted octanol–water partition coefficient (Wildman–Crippen LogP) is 2.85. The summed E-state index contributed by atoms with van der Waals surface area (Å²) in [5.41, 5.74) is 0.869. The van der Waals surface area contributed by atoms with E-state index in [9.17, 15) is 0 Å². The van der Waals surface area contributed by atoms with E-state index in [0.29, 0.717) is 17.5 Å². The summed E-state index contributed by atoms with van der Waals surface area (Å²) in [4.78, 5) is 11.7. The van der Waals surface area contributed by atoms with Crippen molar-refractivity contribution in [1.82, 2.24) is 14.9 Å². The Balaban J connectivity index is 1.92. The van der Waals surface area contributed by atoms with E-state index in [1.54, 1.807) is 14.2 Å². The molecule has 2 aromatic rings. The molecule has 0 spiro atoms. The molecule has 1 aliphatic rings. The highest BCUT2D eigenvalue weighted by Crippen LogP contribution is 2.34. The molecular formula is C18H26N4O2. The van der Waals surface area contributed by atoms with E-state index in [-0.39, 0.29) is 0 Å². The number of methoxy groups -OCH3 is 2. The number of hydrogen-bond acceptors (Lipinski definition) is 6. The zero-order valence-electron chi connectivity index (χ0n) is 14.9. The largest absolute Gasteiger partial charge is 0.493 e. The summed E-state index contributed by atoms with van der Waals surface area (Å²) in [6.07, 6.45) is 2.26. The number of rotatable bonds is 5. The molecule has 3 rings (SSSR count). The molecule has 0 unspecified atom stereocenters. The van der Waals surface area contributed by atoms with Crippen LogP contribution in [0.3, 0.4) is 0 Å². The van der Waals surface area contributed by atoms with Gasteiger partial charge in [0.15, 0.2) is 11.5 Å². The molecule has 2 heterocycles. The van der Waals surface area contributed by atoms with Crippen LogP contribution >= 0.6 is 0 Å². The minimum Gasteiger partial charge on any atom is -0.493 e. The summed E-state index contributed by atoms with van der Waals surface area (Å²) in [5.74, 6) is 3.02. The fourth-order valence-electron chi connectivity index (χ4n) is 3.27. The van der Waals surface area contributed by atoms with Crippen LogP contribution in [0, 0.1) is 6.92 Å². The molecule has 1 saturated heterocycles. The summed E-state index contributed by atoms with van der Waals surface area (Å²) in [7, 11) is 3.28. The van der Waals surface area contributed by atoms with Crippen LogP contribution in [-0.2, 0) is 0 Å².